The third-order valence-corrected chi connectivity index (χ3v) is 9.67. The lowest BCUT2D eigenvalue weighted by Crippen LogP contribution is -2.42. The number of anilines is 1. The van der Waals surface area contributed by atoms with Gasteiger partial charge in [-0.1, -0.05) is 0 Å². The zero-order chi connectivity index (χ0) is 22.4. The van der Waals surface area contributed by atoms with E-state index in [0.717, 1.165) is 6.07 Å². The summed E-state index contributed by atoms with van der Waals surface area (Å²) in [6.45, 7) is 3.17. The maximum absolute atomic E-state index is 12.9. The topological polar surface area (TPSA) is 154 Å². The molecule has 1 aliphatic heterocycles. The van der Waals surface area contributed by atoms with Crippen molar-refractivity contribution in [2.45, 2.75) is 20.1 Å². The average Bonchev–Trinajstić information content (AvgIpc) is 3.10. The average molecular weight is 486 g/mol. The van der Waals surface area contributed by atoms with Gasteiger partial charge in [0.05, 0.1) is 32.1 Å². The van der Waals surface area contributed by atoms with Gasteiger partial charge in [0.2, 0.25) is 25.8 Å². The minimum absolute atomic E-state index is 0.0397. The molecule has 1 atom stereocenters. The number of hydrogen-bond acceptors (Lipinski definition) is 10. The van der Waals surface area contributed by atoms with Crippen molar-refractivity contribution in [2.75, 3.05) is 65.6 Å². The fourth-order valence-electron chi connectivity index (χ4n) is 2.85. The molecule has 0 saturated heterocycles. The van der Waals surface area contributed by atoms with E-state index in [1.807, 2.05) is 4.90 Å². The fourth-order valence-corrected chi connectivity index (χ4v) is 7.10. The first-order valence-electron chi connectivity index (χ1n) is 9.10. The number of nitrogens with one attached hydrogen (secondary N) is 1. The Morgan fingerprint density at radius 3 is 2.43 bits per heavy atom. The molecule has 1 amide bonds. The van der Waals surface area contributed by atoms with E-state index in [4.69, 9.17) is 19.3 Å². The van der Waals surface area contributed by atoms with Crippen LogP contribution in [0.1, 0.15) is 6.42 Å². The molecule has 2 heterocycles. The van der Waals surface area contributed by atoms with E-state index >= 15 is 0 Å². The summed E-state index contributed by atoms with van der Waals surface area (Å²) in [6, 6.07) is 1.07. The van der Waals surface area contributed by atoms with E-state index in [0.29, 0.717) is 57.4 Å². The fraction of sp³-hybridized carbons (Fsp3) is 0.688. The Kier molecular flexibility index (Phi) is 9.17. The Hall–Kier alpha value is -1.13. The summed E-state index contributed by atoms with van der Waals surface area (Å²) in [5.74, 6) is -0.690. The van der Waals surface area contributed by atoms with Gasteiger partial charge in [0.1, 0.15) is 13.7 Å². The molecular formula is C16H27N3O8S3. The van der Waals surface area contributed by atoms with Crippen molar-refractivity contribution < 1.29 is 35.8 Å². The first kappa shape index (κ1) is 25.1. The van der Waals surface area contributed by atoms with Gasteiger partial charge in [0.15, 0.2) is 0 Å². The second kappa shape index (κ2) is 10.9. The van der Waals surface area contributed by atoms with Gasteiger partial charge in [-0.2, -0.15) is 0 Å². The van der Waals surface area contributed by atoms with Crippen LogP contribution in [0.15, 0.2) is 14.5 Å². The minimum Gasteiger partial charge on any atom is -0.383 e. The summed E-state index contributed by atoms with van der Waals surface area (Å²) in [6.07, 6.45) is 0.0397. The molecule has 0 saturated carbocycles. The van der Waals surface area contributed by atoms with Crippen LogP contribution in [0, 0.1) is 0 Å². The van der Waals surface area contributed by atoms with Crippen molar-refractivity contribution in [3.63, 3.8) is 0 Å². The van der Waals surface area contributed by atoms with Crippen LogP contribution in [0.4, 0.5) is 5.69 Å². The summed E-state index contributed by atoms with van der Waals surface area (Å²) in [5, 5.41) is 6.24. The first-order valence-corrected chi connectivity index (χ1v) is 13.0. The molecule has 1 aromatic heterocycles. The number of primary sulfonamides is 1. The van der Waals surface area contributed by atoms with E-state index in [-0.39, 0.29) is 20.5 Å². The van der Waals surface area contributed by atoms with Crippen LogP contribution >= 0.6 is 11.3 Å². The molecule has 0 spiro atoms. The molecular weight excluding hydrogens is 458 g/mol. The zero-order valence-electron chi connectivity index (χ0n) is 16.8. The molecule has 172 valence electrons. The standard InChI is InChI=1S/C16H27N3O8S3/c1-25-7-5-19(6-8-27-10-9-26-2)4-3-13-15(20)18-12-11-14(30(17,23)24)28-16(12)29(13,21)22/h11,13H,3-10H2,1-2H3,(H,18,20)(H2,17,23,24). The number of ether oxygens (including phenoxy) is 3. The van der Waals surface area contributed by atoms with Crippen LogP contribution in [0.5, 0.6) is 0 Å². The number of sulfonamides is 1. The largest absolute Gasteiger partial charge is 0.383 e. The monoisotopic (exact) mass is 485 g/mol. The molecule has 0 fully saturated rings. The predicted octanol–water partition coefficient (Wildman–Crippen LogP) is -0.509. The Bertz CT molecular complexity index is 930. The van der Waals surface area contributed by atoms with Crippen LogP contribution in [0.25, 0.3) is 0 Å². The number of sulfone groups is 1. The highest BCUT2D eigenvalue weighted by atomic mass is 32.3. The van der Waals surface area contributed by atoms with Gasteiger partial charge in [0, 0.05) is 33.9 Å². The number of rotatable bonds is 13. The van der Waals surface area contributed by atoms with Gasteiger partial charge in [-0.15, -0.1) is 11.3 Å². The number of carbonyl (C=O) groups excluding carboxylic acids is 1. The normalized spacial score (nSPS) is 18.4. The van der Waals surface area contributed by atoms with Crippen LogP contribution < -0.4 is 10.5 Å². The van der Waals surface area contributed by atoms with Gasteiger partial charge in [-0.25, -0.2) is 22.0 Å². The third kappa shape index (κ3) is 6.43. The van der Waals surface area contributed by atoms with Gasteiger partial charge in [-0.05, 0) is 12.5 Å². The van der Waals surface area contributed by atoms with Crippen molar-refractivity contribution in [1.82, 2.24) is 4.90 Å². The lowest BCUT2D eigenvalue weighted by atomic mass is 10.2. The lowest BCUT2D eigenvalue weighted by molar-refractivity contribution is -0.116. The second-order valence-electron chi connectivity index (χ2n) is 6.56. The van der Waals surface area contributed by atoms with Gasteiger partial charge in [0.25, 0.3) is 0 Å². The number of methoxy groups -OCH3 is 2. The minimum atomic E-state index is -4.08. The van der Waals surface area contributed by atoms with E-state index in [1.165, 1.54) is 0 Å². The number of hydrogen-bond donors (Lipinski definition) is 2. The SMILES string of the molecule is COCCOCCN(CCOC)CCC1C(=O)Nc2cc(S(N)(=O)=O)sc2S1(=O)=O. The predicted molar refractivity (Wildman–Crippen MR) is 111 cm³/mol. The molecule has 1 unspecified atom stereocenters. The molecule has 3 N–H and O–H groups in total. The molecule has 0 aliphatic carbocycles. The van der Waals surface area contributed by atoms with Crippen LogP contribution in [0.2, 0.25) is 0 Å². The molecule has 14 heteroatoms. The number of fused-ring (bicyclic) bond motifs is 1. The molecule has 11 nitrogen and oxygen atoms in total. The lowest BCUT2D eigenvalue weighted by Gasteiger charge is -2.26. The second-order valence-corrected chi connectivity index (χ2v) is 11.7. The Balaban J connectivity index is 2.08. The molecule has 0 aromatic carbocycles. The quantitative estimate of drug-likeness (QED) is 0.352. The van der Waals surface area contributed by atoms with Crippen LogP contribution in [-0.2, 0) is 38.9 Å². The number of amides is 1. The van der Waals surface area contributed by atoms with Crippen LogP contribution in [-0.4, -0.2) is 93.2 Å². The van der Waals surface area contributed by atoms with Crippen molar-refractivity contribution in [3.8, 4) is 0 Å². The Labute approximate surface area is 180 Å². The van der Waals surface area contributed by atoms with Crippen LogP contribution in [0.3, 0.4) is 0 Å². The maximum atomic E-state index is 12.9. The van der Waals surface area contributed by atoms with E-state index in [2.05, 4.69) is 5.32 Å². The number of carbonyl (C=O) groups is 1. The summed E-state index contributed by atoms with van der Waals surface area (Å²) < 4.78 is 63.9. The summed E-state index contributed by atoms with van der Waals surface area (Å²) in [5.41, 5.74) is -0.0481. The molecule has 0 radical (unpaired) electrons. The Morgan fingerprint density at radius 1 is 1.13 bits per heavy atom. The van der Waals surface area contributed by atoms with Gasteiger partial charge in [-0.3, -0.25) is 9.69 Å². The maximum Gasteiger partial charge on any atom is 0.247 e. The first-order chi connectivity index (χ1) is 14.1. The highest BCUT2D eigenvalue weighted by Gasteiger charge is 2.42. The highest BCUT2D eigenvalue weighted by Crippen LogP contribution is 2.39. The third-order valence-electron chi connectivity index (χ3n) is 4.44. The highest BCUT2D eigenvalue weighted by molar-refractivity contribution is 7.96. The summed E-state index contributed by atoms with van der Waals surface area (Å²) >= 11 is 0.544. The van der Waals surface area contributed by atoms with E-state index in [1.54, 1.807) is 14.2 Å². The smallest absolute Gasteiger partial charge is 0.247 e. The summed E-state index contributed by atoms with van der Waals surface area (Å²) in [4.78, 5) is 14.4. The van der Waals surface area contributed by atoms with E-state index < -0.39 is 31.0 Å². The number of nitrogens with two attached hydrogens (primary N) is 1. The van der Waals surface area contributed by atoms with Crippen molar-refractivity contribution >= 4 is 42.8 Å². The van der Waals surface area contributed by atoms with Crippen molar-refractivity contribution in [3.05, 3.63) is 6.07 Å². The van der Waals surface area contributed by atoms with Gasteiger partial charge >= 0.3 is 0 Å². The zero-order valence-corrected chi connectivity index (χ0v) is 19.3. The number of nitrogens with zero attached hydrogens (tertiary/aromatic N) is 1. The number of thiophene rings is 1. The van der Waals surface area contributed by atoms with Crippen molar-refractivity contribution in [1.29, 1.82) is 0 Å². The molecule has 2 rings (SSSR count). The molecule has 0 bridgehead atoms. The Morgan fingerprint density at radius 2 is 1.80 bits per heavy atom. The van der Waals surface area contributed by atoms with E-state index in [9.17, 15) is 21.6 Å². The molecule has 1 aromatic rings. The summed E-state index contributed by atoms with van der Waals surface area (Å²) in [7, 11) is -4.98. The molecule has 30 heavy (non-hydrogen) atoms. The van der Waals surface area contributed by atoms with Crippen molar-refractivity contribution in [2.24, 2.45) is 5.14 Å². The van der Waals surface area contributed by atoms with Gasteiger partial charge < -0.3 is 19.5 Å². The molecule has 1 aliphatic rings.